The van der Waals surface area contributed by atoms with Crippen molar-refractivity contribution in [2.24, 2.45) is 5.92 Å². The van der Waals surface area contributed by atoms with Gasteiger partial charge in [-0.1, -0.05) is 24.3 Å². The monoisotopic (exact) mass is 247 g/mol. The van der Waals surface area contributed by atoms with E-state index < -0.39 is 0 Å². The maximum atomic E-state index is 4.52. The molecule has 0 aromatic heterocycles. The fraction of sp³-hybridized carbons (Fsp3) is 0.467. The van der Waals surface area contributed by atoms with Gasteiger partial charge in [-0.15, -0.1) is 12.6 Å². The molecule has 17 heavy (non-hydrogen) atoms. The summed E-state index contributed by atoms with van der Waals surface area (Å²) >= 11 is 4.52. The normalized spacial score (nSPS) is 25.4. The molecule has 2 heteroatoms. The third kappa shape index (κ3) is 3.62. The van der Waals surface area contributed by atoms with Gasteiger partial charge in [0.25, 0.3) is 0 Å². The molecule has 1 aromatic carbocycles. The van der Waals surface area contributed by atoms with Gasteiger partial charge in [0.05, 0.1) is 0 Å². The second-order valence-corrected chi connectivity index (χ2v) is 5.54. The summed E-state index contributed by atoms with van der Waals surface area (Å²) in [5.74, 6) is 0.709. The Bertz CT molecular complexity index is 411. The lowest BCUT2D eigenvalue weighted by molar-refractivity contribution is 0.362. The molecule has 1 fully saturated rings. The van der Waals surface area contributed by atoms with Gasteiger partial charge in [0.2, 0.25) is 0 Å². The molecule has 1 aliphatic rings. The van der Waals surface area contributed by atoms with E-state index in [1.165, 1.54) is 24.0 Å². The third-order valence-electron chi connectivity index (χ3n) is 3.40. The lowest BCUT2D eigenvalue weighted by Gasteiger charge is -2.25. The predicted octanol–water partition coefficient (Wildman–Crippen LogP) is 3.69. The molecule has 0 aliphatic carbocycles. The summed E-state index contributed by atoms with van der Waals surface area (Å²) in [6.07, 6.45) is 7.06. The summed E-state index contributed by atoms with van der Waals surface area (Å²) < 4.78 is 0. The van der Waals surface area contributed by atoms with Crippen molar-refractivity contribution in [3.63, 3.8) is 0 Å². The van der Waals surface area contributed by atoms with Crippen LogP contribution >= 0.6 is 12.6 Å². The van der Waals surface area contributed by atoms with Crippen LogP contribution < -0.4 is 5.32 Å². The first-order valence-corrected chi connectivity index (χ1v) is 6.81. The van der Waals surface area contributed by atoms with E-state index in [2.05, 4.69) is 62.1 Å². The Hall–Kier alpha value is -0.730. The molecular formula is C15H21NS. The first kappa shape index (κ1) is 12.7. The van der Waals surface area contributed by atoms with Crippen LogP contribution in [0.2, 0.25) is 0 Å². The van der Waals surface area contributed by atoms with Crippen molar-refractivity contribution in [3.8, 4) is 0 Å². The van der Waals surface area contributed by atoms with Gasteiger partial charge < -0.3 is 5.32 Å². The Morgan fingerprint density at radius 3 is 2.94 bits per heavy atom. The molecule has 1 aromatic rings. The number of rotatable bonds is 2. The van der Waals surface area contributed by atoms with Crippen molar-refractivity contribution in [1.82, 2.24) is 5.32 Å². The zero-order valence-electron chi connectivity index (χ0n) is 10.6. The molecule has 0 saturated carbocycles. The lowest BCUT2D eigenvalue weighted by Crippen LogP contribution is -2.35. The molecule has 1 heterocycles. The van der Waals surface area contributed by atoms with Gasteiger partial charge in [0.1, 0.15) is 0 Å². The maximum Gasteiger partial charge on any atom is 0.0115 e. The number of aryl methyl sites for hydroxylation is 1. The predicted molar refractivity (Wildman–Crippen MR) is 77.7 cm³/mol. The standard InChI is InChI=1S/C15H21NS/c1-11-3-5-14(15(17)9-11)6-4-13-7-8-16-12(2)10-13/h3-6,9,12-13,16-17H,7-8,10H2,1-2H3/b6-4+/t12?,13-/m0/s1. The highest BCUT2D eigenvalue weighted by atomic mass is 32.1. The van der Waals surface area contributed by atoms with Crippen molar-refractivity contribution in [3.05, 3.63) is 35.4 Å². The molecule has 1 aliphatic heterocycles. The van der Waals surface area contributed by atoms with Crippen molar-refractivity contribution < 1.29 is 0 Å². The maximum absolute atomic E-state index is 4.52. The molecule has 1 nitrogen and oxygen atoms in total. The van der Waals surface area contributed by atoms with Gasteiger partial charge in [0, 0.05) is 10.9 Å². The summed E-state index contributed by atoms with van der Waals surface area (Å²) in [6, 6.07) is 7.06. The number of allylic oxidation sites excluding steroid dienone is 1. The minimum Gasteiger partial charge on any atom is -0.314 e. The van der Waals surface area contributed by atoms with E-state index in [0.29, 0.717) is 12.0 Å². The van der Waals surface area contributed by atoms with Crippen LogP contribution in [0.5, 0.6) is 0 Å². The summed E-state index contributed by atoms with van der Waals surface area (Å²) in [5.41, 5.74) is 2.49. The summed E-state index contributed by atoms with van der Waals surface area (Å²) in [7, 11) is 0. The van der Waals surface area contributed by atoms with E-state index in [1.54, 1.807) is 0 Å². The van der Waals surface area contributed by atoms with Crippen LogP contribution in [-0.4, -0.2) is 12.6 Å². The van der Waals surface area contributed by atoms with Crippen LogP contribution in [0.4, 0.5) is 0 Å². The zero-order valence-corrected chi connectivity index (χ0v) is 11.5. The molecule has 1 N–H and O–H groups in total. The van der Waals surface area contributed by atoms with Crippen LogP contribution in [0.25, 0.3) is 6.08 Å². The van der Waals surface area contributed by atoms with Crippen molar-refractivity contribution in [2.75, 3.05) is 6.54 Å². The topological polar surface area (TPSA) is 12.0 Å². The van der Waals surface area contributed by atoms with Gasteiger partial charge >= 0.3 is 0 Å². The highest BCUT2D eigenvalue weighted by molar-refractivity contribution is 7.80. The van der Waals surface area contributed by atoms with Gasteiger partial charge in [-0.05, 0) is 56.3 Å². The number of hydrogen-bond donors (Lipinski definition) is 2. The van der Waals surface area contributed by atoms with Gasteiger partial charge in [0.15, 0.2) is 0 Å². The van der Waals surface area contributed by atoms with Gasteiger partial charge in [-0.2, -0.15) is 0 Å². The third-order valence-corrected chi connectivity index (χ3v) is 3.79. The smallest absolute Gasteiger partial charge is 0.0115 e. The van der Waals surface area contributed by atoms with Gasteiger partial charge in [-0.3, -0.25) is 0 Å². The number of benzene rings is 1. The van der Waals surface area contributed by atoms with E-state index in [0.717, 1.165) is 11.4 Å². The molecule has 92 valence electrons. The fourth-order valence-electron chi connectivity index (χ4n) is 2.38. The number of hydrogen-bond acceptors (Lipinski definition) is 2. The van der Waals surface area contributed by atoms with Crippen LogP contribution in [0.1, 0.15) is 30.9 Å². The summed E-state index contributed by atoms with van der Waals surface area (Å²) in [6.45, 7) is 5.50. The van der Waals surface area contributed by atoms with Crippen LogP contribution in [0.15, 0.2) is 29.2 Å². The Morgan fingerprint density at radius 1 is 1.41 bits per heavy atom. The van der Waals surface area contributed by atoms with E-state index in [9.17, 15) is 0 Å². The largest absolute Gasteiger partial charge is 0.314 e. The van der Waals surface area contributed by atoms with E-state index in [1.807, 2.05) is 0 Å². The van der Waals surface area contributed by atoms with E-state index in [4.69, 9.17) is 0 Å². The number of nitrogens with one attached hydrogen (secondary N) is 1. The minimum atomic E-state index is 0.645. The number of thiol groups is 1. The zero-order chi connectivity index (χ0) is 12.3. The second-order valence-electron chi connectivity index (χ2n) is 5.06. The molecule has 0 amide bonds. The Balaban J connectivity index is 2.04. The molecule has 2 atom stereocenters. The van der Waals surface area contributed by atoms with Crippen LogP contribution in [0, 0.1) is 12.8 Å². The number of piperidine rings is 1. The highest BCUT2D eigenvalue weighted by Crippen LogP contribution is 2.21. The minimum absolute atomic E-state index is 0.645. The first-order valence-electron chi connectivity index (χ1n) is 6.36. The van der Waals surface area contributed by atoms with Crippen molar-refractivity contribution in [1.29, 1.82) is 0 Å². The van der Waals surface area contributed by atoms with Crippen LogP contribution in [0.3, 0.4) is 0 Å². The SMILES string of the molecule is Cc1ccc(/C=C/[C@H]2CCNC(C)C2)c(S)c1. The second kappa shape index (κ2) is 5.74. The van der Waals surface area contributed by atoms with E-state index >= 15 is 0 Å². The molecule has 1 unspecified atom stereocenters. The van der Waals surface area contributed by atoms with Crippen molar-refractivity contribution in [2.45, 2.75) is 37.6 Å². The first-order chi connectivity index (χ1) is 8.15. The quantitative estimate of drug-likeness (QED) is 0.760. The Labute approximate surface area is 110 Å². The van der Waals surface area contributed by atoms with Gasteiger partial charge in [-0.25, -0.2) is 0 Å². The summed E-state index contributed by atoms with van der Waals surface area (Å²) in [5, 5.41) is 3.48. The summed E-state index contributed by atoms with van der Waals surface area (Å²) in [4.78, 5) is 1.07. The average molecular weight is 247 g/mol. The molecule has 1 saturated heterocycles. The fourth-order valence-corrected chi connectivity index (χ4v) is 2.73. The molecule has 0 spiro atoms. The average Bonchev–Trinajstić information content (AvgIpc) is 2.28. The van der Waals surface area contributed by atoms with Crippen LogP contribution in [-0.2, 0) is 0 Å². The highest BCUT2D eigenvalue weighted by Gasteiger charge is 2.15. The Morgan fingerprint density at radius 2 is 2.24 bits per heavy atom. The molecule has 0 radical (unpaired) electrons. The molecular weight excluding hydrogens is 226 g/mol. The van der Waals surface area contributed by atoms with E-state index in [-0.39, 0.29) is 0 Å². The molecule has 2 rings (SSSR count). The Kier molecular flexibility index (Phi) is 4.30. The molecule has 0 bridgehead atoms. The lowest BCUT2D eigenvalue weighted by atomic mass is 9.92. The van der Waals surface area contributed by atoms with Crippen molar-refractivity contribution >= 4 is 18.7 Å².